The fraction of sp³-hybridized carbons (Fsp3) is 0.263. The third-order valence-electron chi connectivity index (χ3n) is 3.99. The Balaban J connectivity index is 2.46. The number of alkyl halides is 6. The summed E-state index contributed by atoms with van der Waals surface area (Å²) in [5.41, 5.74) is -8.46. The molecule has 0 fully saturated rings. The number of hydrogen-bond donors (Lipinski definition) is 2. The van der Waals surface area contributed by atoms with Gasteiger partial charge in [0.2, 0.25) is 0 Å². The Labute approximate surface area is 183 Å². The van der Waals surface area contributed by atoms with Crippen LogP contribution < -0.4 is 20.1 Å². The highest BCUT2D eigenvalue weighted by molar-refractivity contribution is 6.20. The topological polar surface area (TPSA) is 85.9 Å². The number of esters is 1. The van der Waals surface area contributed by atoms with E-state index in [4.69, 9.17) is 4.74 Å². The van der Waals surface area contributed by atoms with Gasteiger partial charge in [0, 0.05) is 17.3 Å². The number of hydrogen-bond acceptors (Lipinski definition) is 6. The first-order valence-electron chi connectivity index (χ1n) is 8.57. The minimum absolute atomic E-state index is 0.0468. The van der Waals surface area contributed by atoms with Crippen LogP contribution in [-0.2, 0) is 9.53 Å². The van der Waals surface area contributed by atoms with Crippen LogP contribution in [0.25, 0.3) is 0 Å². The van der Waals surface area contributed by atoms with Gasteiger partial charge in [-0.05, 0) is 36.4 Å². The van der Waals surface area contributed by atoms with Gasteiger partial charge in [0.15, 0.2) is 0 Å². The molecular formula is C19H16ClF5N2O5. The Morgan fingerprint density at radius 1 is 0.938 bits per heavy atom. The summed E-state index contributed by atoms with van der Waals surface area (Å²) < 4.78 is 81.1. The van der Waals surface area contributed by atoms with Crippen molar-refractivity contribution in [1.82, 2.24) is 5.32 Å². The maximum absolute atomic E-state index is 14.1. The van der Waals surface area contributed by atoms with Crippen molar-refractivity contribution in [2.45, 2.75) is 17.4 Å². The fourth-order valence-electron chi connectivity index (χ4n) is 2.57. The Hall–Kier alpha value is -3.28. The Morgan fingerprint density at radius 3 is 2.03 bits per heavy atom. The van der Waals surface area contributed by atoms with Crippen molar-refractivity contribution in [2.75, 3.05) is 19.5 Å². The fourth-order valence-corrected chi connectivity index (χ4v) is 2.66. The molecule has 0 aliphatic rings. The van der Waals surface area contributed by atoms with E-state index in [-0.39, 0.29) is 11.3 Å². The monoisotopic (exact) mass is 482 g/mol. The molecule has 2 rings (SSSR count). The van der Waals surface area contributed by atoms with Crippen molar-refractivity contribution in [2.24, 2.45) is 0 Å². The van der Waals surface area contributed by atoms with E-state index in [2.05, 4.69) is 21.1 Å². The molecule has 0 aromatic heterocycles. The van der Waals surface area contributed by atoms with E-state index < -0.39 is 40.7 Å². The van der Waals surface area contributed by atoms with Crippen molar-refractivity contribution < 1.29 is 45.8 Å². The van der Waals surface area contributed by atoms with Crippen LogP contribution >= 0.6 is 11.6 Å². The smallest absolute Gasteiger partial charge is 0.487 e. The molecule has 7 nitrogen and oxygen atoms in total. The van der Waals surface area contributed by atoms with Gasteiger partial charge in [0.25, 0.3) is 5.91 Å². The van der Waals surface area contributed by atoms with E-state index >= 15 is 0 Å². The molecule has 0 unspecified atom stereocenters. The first kappa shape index (κ1) is 25.0. The highest BCUT2D eigenvalue weighted by Crippen LogP contribution is 2.35. The largest absolute Gasteiger partial charge is 0.496 e. The SMILES string of the molecule is COC(=O)[C@](NC(=O)c1ccccc1OC)(Nc1ccc(OC(F)(F)Cl)cc1)C(F)(F)F. The molecule has 0 aliphatic heterocycles. The molecule has 1 amide bonds. The Bertz CT molecular complexity index is 966. The average Bonchev–Trinajstić information content (AvgIpc) is 2.71. The number of carbonyl (C=O) groups excluding carboxylic acids is 2. The van der Waals surface area contributed by atoms with Crippen LogP contribution in [0.1, 0.15) is 10.4 Å². The summed E-state index contributed by atoms with van der Waals surface area (Å²) in [7, 11) is 1.90. The molecule has 0 spiro atoms. The lowest BCUT2D eigenvalue weighted by Crippen LogP contribution is -2.69. The molecule has 0 heterocycles. The lowest BCUT2D eigenvalue weighted by Gasteiger charge is -2.35. The van der Waals surface area contributed by atoms with E-state index in [9.17, 15) is 31.5 Å². The van der Waals surface area contributed by atoms with Crippen LogP contribution in [0, 0.1) is 0 Å². The lowest BCUT2D eigenvalue weighted by atomic mass is 10.1. The quantitative estimate of drug-likeness (QED) is 0.255. The van der Waals surface area contributed by atoms with Crippen LogP contribution in [0.15, 0.2) is 48.5 Å². The first-order chi connectivity index (χ1) is 14.8. The zero-order valence-corrected chi connectivity index (χ0v) is 17.2. The third kappa shape index (κ3) is 5.69. The van der Waals surface area contributed by atoms with E-state index in [1.807, 2.05) is 5.32 Å². The minimum atomic E-state index is -5.41. The van der Waals surface area contributed by atoms with Crippen molar-refractivity contribution in [1.29, 1.82) is 0 Å². The molecule has 0 saturated heterocycles. The number of nitrogens with one attached hydrogen (secondary N) is 2. The molecule has 2 aromatic rings. The van der Waals surface area contributed by atoms with Crippen molar-refractivity contribution in [3.05, 3.63) is 54.1 Å². The molecule has 2 aromatic carbocycles. The lowest BCUT2D eigenvalue weighted by molar-refractivity contribution is -0.203. The molecule has 0 aliphatic carbocycles. The summed E-state index contributed by atoms with van der Waals surface area (Å²) in [5.74, 6) is -3.71. The molecule has 13 heteroatoms. The summed E-state index contributed by atoms with van der Waals surface area (Å²) in [4.78, 5) is 24.9. The maximum Gasteiger partial charge on any atom is 0.487 e. The van der Waals surface area contributed by atoms with Crippen LogP contribution in [0.2, 0.25) is 0 Å². The van der Waals surface area contributed by atoms with Crippen LogP contribution in [0.4, 0.5) is 27.6 Å². The van der Waals surface area contributed by atoms with E-state index in [0.29, 0.717) is 7.11 Å². The number of carbonyl (C=O) groups is 2. The summed E-state index contributed by atoms with van der Waals surface area (Å²) >= 11 is 4.64. The molecule has 1 atom stereocenters. The normalized spacial score (nSPS) is 13.5. The predicted octanol–water partition coefficient (Wildman–Crippen LogP) is 4.14. The van der Waals surface area contributed by atoms with Gasteiger partial charge in [-0.2, -0.15) is 13.2 Å². The zero-order chi connectivity index (χ0) is 24.2. The molecule has 174 valence electrons. The number of ether oxygens (including phenoxy) is 3. The molecule has 2 N–H and O–H groups in total. The standard InChI is InChI=1S/C19H16ClF5N2O5/c1-30-14-6-4-3-5-13(14)15(28)27-17(16(29)31-2,18(21,22)23)26-11-7-9-12(10-8-11)32-19(20,24)25/h3-10,26H,1-2H3,(H,27,28)/t17-/m1/s1. The summed E-state index contributed by atoms with van der Waals surface area (Å²) in [6, 6.07) is 8.93. The van der Waals surface area contributed by atoms with E-state index in [0.717, 1.165) is 24.3 Å². The third-order valence-corrected chi connectivity index (χ3v) is 4.07. The molecule has 0 bridgehead atoms. The summed E-state index contributed by atoms with van der Waals surface area (Å²) in [6.07, 6.45) is -5.41. The van der Waals surface area contributed by atoms with E-state index in [1.165, 1.54) is 31.4 Å². The van der Waals surface area contributed by atoms with Gasteiger partial charge in [-0.15, -0.1) is 8.78 Å². The number of methoxy groups -OCH3 is 2. The first-order valence-corrected chi connectivity index (χ1v) is 8.95. The number of benzene rings is 2. The number of halogens is 6. The van der Waals surface area contributed by atoms with Gasteiger partial charge < -0.3 is 24.8 Å². The van der Waals surface area contributed by atoms with Gasteiger partial charge in [0.05, 0.1) is 19.8 Å². The highest BCUT2D eigenvalue weighted by atomic mass is 35.5. The molecular weight excluding hydrogens is 467 g/mol. The second-order valence-corrected chi connectivity index (χ2v) is 6.53. The minimum Gasteiger partial charge on any atom is -0.496 e. The van der Waals surface area contributed by atoms with Crippen LogP contribution in [0.3, 0.4) is 0 Å². The van der Waals surface area contributed by atoms with Crippen molar-refractivity contribution in [3.8, 4) is 11.5 Å². The van der Waals surface area contributed by atoms with Crippen molar-refractivity contribution >= 4 is 29.2 Å². The number of amides is 1. The Morgan fingerprint density at radius 2 is 1.53 bits per heavy atom. The summed E-state index contributed by atoms with van der Waals surface area (Å²) in [5, 5.41) is 3.47. The second-order valence-electron chi connectivity index (χ2n) is 6.09. The van der Waals surface area contributed by atoms with Crippen molar-refractivity contribution in [3.63, 3.8) is 0 Å². The molecule has 32 heavy (non-hydrogen) atoms. The second kappa shape index (κ2) is 9.47. The van der Waals surface area contributed by atoms with E-state index in [1.54, 1.807) is 5.32 Å². The van der Waals surface area contributed by atoms with Gasteiger partial charge in [0.1, 0.15) is 11.5 Å². The number of para-hydroxylation sites is 1. The van der Waals surface area contributed by atoms with Gasteiger partial charge in [-0.3, -0.25) is 4.79 Å². The predicted molar refractivity (Wildman–Crippen MR) is 103 cm³/mol. The molecule has 0 saturated carbocycles. The average molecular weight is 483 g/mol. The number of rotatable bonds is 8. The highest BCUT2D eigenvalue weighted by Gasteiger charge is 2.63. The van der Waals surface area contributed by atoms with Gasteiger partial charge in [-0.25, -0.2) is 4.79 Å². The van der Waals surface area contributed by atoms with Crippen LogP contribution in [0.5, 0.6) is 11.5 Å². The maximum atomic E-state index is 14.1. The Kier molecular flexibility index (Phi) is 7.39. The van der Waals surface area contributed by atoms with Gasteiger partial charge >= 0.3 is 23.4 Å². The number of anilines is 1. The van der Waals surface area contributed by atoms with Gasteiger partial charge in [-0.1, -0.05) is 12.1 Å². The summed E-state index contributed by atoms with van der Waals surface area (Å²) in [6.45, 7) is 0. The zero-order valence-electron chi connectivity index (χ0n) is 16.4. The van der Waals surface area contributed by atoms with Crippen LogP contribution in [-0.4, -0.2) is 43.5 Å². The molecule has 0 radical (unpaired) electrons.